The summed E-state index contributed by atoms with van der Waals surface area (Å²) in [5.41, 5.74) is 2.36. The van der Waals surface area contributed by atoms with Crippen LogP contribution in [-0.2, 0) is 12.7 Å². The van der Waals surface area contributed by atoms with Crippen LogP contribution in [0.5, 0.6) is 0 Å². The largest absolute Gasteiger partial charge is 0.417 e. The lowest BCUT2D eigenvalue weighted by Gasteiger charge is -2.16. The normalized spacial score (nSPS) is 16.7. The topological polar surface area (TPSA) is 54.7 Å². The van der Waals surface area contributed by atoms with Crippen LogP contribution in [0.4, 0.5) is 30.7 Å². The minimum Gasteiger partial charge on any atom is -0.345 e. The molecule has 0 unspecified atom stereocenters. The van der Waals surface area contributed by atoms with Crippen LogP contribution in [0.2, 0.25) is 0 Å². The monoisotopic (exact) mass is 455 g/mol. The van der Waals surface area contributed by atoms with Crippen LogP contribution in [0.3, 0.4) is 0 Å². The summed E-state index contributed by atoms with van der Waals surface area (Å²) >= 11 is 0. The number of hydrogen-bond acceptors (Lipinski definition) is 2. The molecule has 10 heteroatoms. The van der Waals surface area contributed by atoms with E-state index in [0.717, 1.165) is 36.5 Å². The number of hydrogen-bond donors (Lipinski definition) is 1. The number of rotatable bonds is 4. The highest BCUT2D eigenvalue weighted by Crippen LogP contribution is 2.48. The third kappa shape index (κ3) is 3.81. The summed E-state index contributed by atoms with van der Waals surface area (Å²) in [7, 11) is 0. The van der Waals surface area contributed by atoms with Gasteiger partial charge in [-0.1, -0.05) is 18.2 Å². The van der Waals surface area contributed by atoms with Gasteiger partial charge < -0.3 is 10.3 Å². The maximum Gasteiger partial charge on any atom is 0.417 e. The maximum atomic E-state index is 15.0. The molecule has 1 atom stereocenters. The second kappa shape index (κ2) is 7.24. The van der Waals surface area contributed by atoms with E-state index in [9.17, 15) is 36.0 Å². The number of nitrogens with zero attached hydrogens (tertiary/aromatic N) is 2. The predicted molar refractivity (Wildman–Crippen MR) is 103 cm³/mol. The highest BCUT2D eigenvalue weighted by Gasteiger charge is 2.45. The van der Waals surface area contributed by atoms with Crippen LogP contribution in [0.15, 0.2) is 42.6 Å². The van der Waals surface area contributed by atoms with Crippen molar-refractivity contribution in [3.05, 3.63) is 59.5 Å². The molecule has 3 aromatic rings. The first-order valence-corrected chi connectivity index (χ1v) is 9.59. The van der Waals surface area contributed by atoms with Gasteiger partial charge in [-0.25, -0.2) is 4.39 Å². The lowest BCUT2D eigenvalue weighted by molar-refractivity contribution is -0.148. The van der Waals surface area contributed by atoms with Gasteiger partial charge in [0.1, 0.15) is 11.9 Å². The van der Waals surface area contributed by atoms with Crippen molar-refractivity contribution < 1.29 is 30.7 Å². The first-order chi connectivity index (χ1) is 14.9. The Bertz CT molecular complexity index is 1230. The molecule has 1 fully saturated rings. The molecule has 0 saturated heterocycles. The highest BCUT2D eigenvalue weighted by atomic mass is 19.4. The fourth-order valence-corrected chi connectivity index (χ4v) is 3.85. The van der Waals surface area contributed by atoms with E-state index in [1.165, 1.54) is 10.6 Å². The second-order valence-corrected chi connectivity index (χ2v) is 8.02. The molecule has 0 spiro atoms. The molecule has 2 aromatic carbocycles. The van der Waals surface area contributed by atoms with Gasteiger partial charge in [-0.3, -0.25) is 0 Å². The van der Waals surface area contributed by atoms with Crippen molar-refractivity contribution in [2.75, 3.05) is 0 Å². The summed E-state index contributed by atoms with van der Waals surface area (Å²) in [6, 6.07) is 5.95. The van der Waals surface area contributed by atoms with Crippen LogP contribution >= 0.6 is 0 Å². The average molecular weight is 455 g/mol. The van der Waals surface area contributed by atoms with Crippen LogP contribution in [0.1, 0.15) is 30.0 Å². The molecule has 3 nitrogen and oxygen atoms in total. The summed E-state index contributed by atoms with van der Waals surface area (Å²) in [6.07, 6.45) is -7.39. The van der Waals surface area contributed by atoms with Crippen LogP contribution < -0.4 is 5.73 Å². The molecule has 0 radical (unpaired) electrons. The summed E-state index contributed by atoms with van der Waals surface area (Å²) in [5.74, 6) is -1.11. The summed E-state index contributed by atoms with van der Waals surface area (Å²) in [6.45, 7) is 0.0244. The number of alkyl halides is 6. The van der Waals surface area contributed by atoms with Gasteiger partial charge in [-0.05, 0) is 36.6 Å². The van der Waals surface area contributed by atoms with E-state index >= 15 is 0 Å². The van der Waals surface area contributed by atoms with Gasteiger partial charge in [0.15, 0.2) is 0 Å². The number of nitrogens with two attached hydrogens (primary N) is 1. The number of fused-ring (bicyclic) bond motifs is 1. The Balaban J connectivity index is 1.96. The van der Waals surface area contributed by atoms with Crippen LogP contribution in [-0.4, -0.2) is 10.7 Å². The Kier molecular flexibility index (Phi) is 5.01. The van der Waals surface area contributed by atoms with Crippen molar-refractivity contribution in [2.45, 2.75) is 37.8 Å². The van der Waals surface area contributed by atoms with E-state index in [1.54, 1.807) is 0 Å². The molecule has 1 saturated carbocycles. The van der Waals surface area contributed by atoms with Gasteiger partial charge in [0.2, 0.25) is 0 Å². The Hall–Kier alpha value is -3.06. The Labute approximate surface area is 177 Å². The number of aromatic nitrogens is 1. The average Bonchev–Trinajstić information content (AvgIpc) is 3.41. The molecule has 0 bridgehead atoms. The molecule has 32 heavy (non-hydrogen) atoms. The van der Waals surface area contributed by atoms with E-state index < -0.39 is 51.9 Å². The summed E-state index contributed by atoms with van der Waals surface area (Å²) in [5, 5.41) is 9.23. The van der Waals surface area contributed by atoms with Gasteiger partial charge >= 0.3 is 12.4 Å². The standard InChI is InChI=1S/C22H16F7N3/c23-17-7-14-15(19(31)22(27,28)29)9-32(11-20(10-30)5-6-20)18(14)8-13(17)12-3-1-2-4-16(12)21(24,25)26/h1-4,7-9,19H,5-6,11,31H2/t19-/m0/s1. The number of benzene rings is 2. The molecule has 0 amide bonds. The van der Waals surface area contributed by atoms with Crippen molar-refractivity contribution in [2.24, 2.45) is 11.1 Å². The van der Waals surface area contributed by atoms with E-state index in [2.05, 4.69) is 6.07 Å². The quantitative estimate of drug-likeness (QED) is 0.468. The zero-order valence-corrected chi connectivity index (χ0v) is 16.4. The summed E-state index contributed by atoms with van der Waals surface area (Å²) < 4.78 is 96.7. The molecule has 0 aliphatic heterocycles. The zero-order chi connectivity index (χ0) is 23.5. The van der Waals surface area contributed by atoms with Gasteiger partial charge in [-0.2, -0.15) is 31.6 Å². The molecule has 1 heterocycles. The summed E-state index contributed by atoms with van der Waals surface area (Å²) in [4.78, 5) is 0. The predicted octanol–water partition coefficient (Wildman–Crippen LogP) is 6.33. The third-order valence-corrected chi connectivity index (χ3v) is 5.77. The van der Waals surface area contributed by atoms with Crippen molar-refractivity contribution in [1.29, 1.82) is 5.26 Å². The SMILES string of the molecule is N#CC1(Cn2cc([C@H](N)C(F)(F)F)c3cc(F)c(-c4ccccc4C(F)(F)F)cc32)CC1. The van der Waals surface area contributed by atoms with E-state index in [-0.39, 0.29) is 17.4 Å². The maximum absolute atomic E-state index is 15.0. The molecular weight excluding hydrogens is 439 g/mol. The minimum atomic E-state index is -4.82. The second-order valence-electron chi connectivity index (χ2n) is 8.02. The molecule has 168 valence electrons. The van der Waals surface area contributed by atoms with Crippen LogP contribution in [0.25, 0.3) is 22.0 Å². The van der Waals surface area contributed by atoms with Gasteiger partial charge in [0.05, 0.1) is 17.0 Å². The smallest absolute Gasteiger partial charge is 0.345 e. The van der Waals surface area contributed by atoms with Gasteiger partial charge in [0.25, 0.3) is 0 Å². The van der Waals surface area contributed by atoms with Crippen molar-refractivity contribution in [3.63, 3.8) is 0 Å². The van der Waals surface area contributed by atoms with E-state index in [1.807, 2.05) is 0 Å². The lowest BCUT2D eigenvalue weighted by Crippen LogP contribution is -2.28. The zero-order valence-electron chi connectivity index (χ0n) is 16.4. The molecule has 1 aromatic heterocycles. The Morgan fingerprint density at radius 2 is 1.72 bits per heavy atom. The van der Waals surface area contributed by atoms with Crippen molar-refractivity contribution in [1.82, 2.24) is 4.57 Å². The first kappa shape index (κ1) is 22.1. The van der Waals surface area contributed by atoms with E-state index in [4.69, 9.17) is 5.73 Å². The molecular formula is C22H16F7N3. The third-order valence-electron chi connectivity index (χ3n) is 5.77. The molecule has 1 aliphatic carbocycles. The molecule has 2 N–H and O–H groups in total. The van der Waals surface area contributed by atoms with Crippen molar-refractivity contribution >= 4 is 10.9 Å². The fraction of sp³-hybridized carbons (Fsp3) is 0.318. The minimum absolute atomic E-state index is 0.0244. The lowest BCUT2D eigenvalue weighted by atomic mass is 9.96. The number of halogens is 7. The highest BCUT2D eigenvalue weighted by molar-refractivity contribution is 5.89. The van der Waals surface area contributed by atoms with E-state index in [0.29, 0.717) is 12.8 Å². The Morgan fingerprint density at radius 1 is 1.06 bits per heavy atom. The van der Waals surface area contributed by atoms with Gasteiger partial charge in [0, 0.05) is 34.8 Å². The van der Waals surface area contributed by atoms with Gasteiger partial charge in [-0.15, -0.1) is 0 Å². The Morgan fingerprint density at radius 3 is 2.28 bits per heavy atom. The van der Waals surface area contributed by atoms with Crippen LogP contribution in [0, 0.1) is 22.6 Å². The fourth-order valence-electron chi connectivity index (χ4n) is 3.85. The molecule has 4 rings (SSSR count). The molecule has 1 aliphatic rings. The van der Waals surface area contributed by atoms with Crippen molar-refractivity contribution in [3.8, 4) is 17.2 Å². The first-order valence-electron chi connectivity index (χ1n) is 9.59. The number of nitriles is 1.